The van der Waals surface area contributed by atoms with Crippen LogP contribution in [0.25, 0.3) is 0 Å². The molecule has 15 heavy (non-hydrogen) atoms. The Morgan fingerprint density at radius 2 is 1.67 bits per heavy atom. The van der Waals surface area contributed by atoms with Crippen molar-refractivity contribution in [1.82, 2.24) is 0 Å². The van der Waals surface area contributed by atoms with Gasteiger partial charge in [-0.25, -0.2) is 17.6 Å². The van der Waals surface area contributed by atoms with Crippen molar-refractivity contribution < 1.29 is 31.5 Å². The highest BCUT2D eigenvalue weighted by Gasteiger charge is 2.62. The SMILES string of the molecule is O=C(O)C(F)(F)C1(F)CCS(=O)(=O)CC1. The van der Waals surface area contributed by atoms with Crippen LogP contribution in [0.4, 0.5) is 13.2 Å². The molecule has 1 N–H and O–H groups in total. The average Bonchev–Trinajstić information content (AvgIpc) is 2.10. The molecule has 0 bridgehead atoms. The van der Waals surface area contributed by atoms with E-state index < -0.39 is 51.7 Å². The maximum Gasteiger partial charge on any atom is 0.378 e. The minimum atomic E-state index is -4.54. The van der Waals surface area contributed by atoms with Crippen molar-refractivity contribution in [1.29, 1.82) is 0 Å². The minimum absolute atomic E-state index is 0.744. The fourth-order valence-corrected chi connectivity index (χ4v) is 2.84. The van der Waals surface area contributed by atoms with E-state index in [1.807, 2.05) is 0 Å². The first-order chi connectivity index (χ1) is 6.61. The van der Waals surface area contributed by atoms with Crippen molar-refractivity contribution in [2.45, 2.75) is 24.4 Å². The van der Waals surface area contributed by atoms with Gasteiger partial charge in [-0.05, 0) is 0 Å². The van der Waals surface area contributed by atoms with Gasteiger partial charge >= 0.3 is 11.9 Å². The highest BCUT2D eigenvalue weighted by molar-refractivity contribution is 7.91. The number of hydrogen-bond acceptors (Lipinski definition) is 3. The quantitative estimate of drug-likeness (QED) is 0.775. The lowest BCUT2D eigenvalue weighted by atomic mass is 9.91. The second-order valence-corrected chi connectivity index (χ2v) is 5.80. The molecule has 0 saturated carbocycles. The van der Waals surface area contributed by atoms with Gasteiger partial charge in [-0.1, -0.05) is 0 Å². The normalized spacial score (nSPS) is 24.7. The van der Waals surface area contributed by atoms with Crippen molar-refractivity contribution in [3.8, 4) is 0 Å². The molecule has 1 saturated heterocycles. The third-order valence-corrected chi connectivity index (χ3v) is 4.10. The second kappa shape index (κ2) is 3.36. The Kier molecular flexibility index (Phi) is 2.75. The van der Waals surface area contributed by atoms with Gasteiger partial charge in [0, 0.05) is 12.8 Å². The monoisotopic (exact) mass is 246 g/mol. The van der Waals surface area contributed by atoms with Gasteiger partial charge in [-0.3, -0.25) is 0 Å². The standard InChI is InChI=1S/C7H9F3O4S/c8-6(7(9,10)5(11)12)1-3-15(13,14)4-2-6/h1-4H2,(H,11,12). The van der Waals surface area contributed by atoms with Crippen LogP contribution in [0.3, 0.4) is 0 Å². The number of alkyl halides is 3. The summed E-state index contributed by atoms with van der Waals surface area (Å²) in [7, 11) is -3.51. The van der Waals surface area contributed by atoms with Crippen LogP contribution >= 0.6 is 0 Å². The molecule has 0 aromatic heterocycles. The summed E-state index contributed by atoms with van der Waals surface area (Å²) in [5.74, 6) is -8.59. The number of hydrogen-bond donors (Lipinski definition) is 1. The van der Waals surface area contributed by atoms with Crippen molar-refractivity contribution in [2.75, 3.05) is 11.5 Å². The summed E-state index contributed by atoms with van der Waals surface area (Å²) >= 11 is 0. The summed E-state index contributed by atoms with van der Waals surface area (Å²) in [6.45, 7) is 0. The Bertz CT molecular complexity index is 362. The molecule has 0 unspecified atom stereocenters. The van der Waals surface area contributed by atoms with Gasteiger partial charge < -0.3 is 5.11 Å². The molecule has 1 aliphatic rings. The first kappa shape index (κ1) is 12.3. The molecule has 88 valence electrons. The summed E-state index contributed by atoms with van der Waals surface area (Å²) in [4.78, 5) is 10.1. The van der Waals surface area contributed by atoms with Gasteiger partial charge in [0.25, 0.3) is 0 Å². The smallest absolute Gasteiger partial charge is 0.378 e. The molecule has 1 aliphatic heterocycles. The molecule has 0 aromatic carbocycles. The van der Waals surface area contributed by atoms with Gasteiger partial charge in [0.1, 0.15) is 0 Å². The summed E-state index contributed by atoms with van der Waals surface area (Å²) < 4.78 is 61.1. The number of carboxylic acid groups (broad SMARTS) is 1. The molecule has 0 atom stereocenters. The van der Waals surface area contributed by atoms with E-state index >= 15 is 0 Å². The van der Waals surface area contributed by atoms with E-state index in [-0.39, 0.29) is 0 Å². The van der Waals surface area contributed by atoms with Gasteiger partial charge in [-0.2, -0.15) is 8.78 Å². The van der Waals surface area contributed by atoms with Crippen LogP contribution in [-0.4, -0.2) is 42.6 Å². The minimum Gasteiger partial charge on any atom is -0.477 e. The maximum atomic E-state index is 13.5. The van der Waals surface area contributed by atoms with E-state index in [1.54, 1.807) is 0 Å². The highest BCUT2D eigenvalue weighted by Crippen LogP contribution is 2.41. The number of carbonyl (C=O) groups is 1. The van der Waals surface area contributed by atoms with E-state index in [2.05, 4.69) is 0 Å². The summed E-state index contributed by atoms with van der Waals surface area (Å²) in [5.41, 5.74) is -3.26. The van der Waals surface area contributed by atoms with Crippen molar-refractivity contribution in [2.24, 2.45) is 0 Å². The van der Waals surface area contributed by atoms with E-state index in [0.29, 0.717) is 0 Å². The van der Waals surface area contributed by atoms with Gasteiger partial charge in [-0.15, -0.1) is 0 Å². The number of aliphatic carboxylic acids is 1. The van der Waals surface area contributed by atoms with Crippen LogP contribution in [0.2, 0.25) is 0 Å². The largest absolute Gasteiger partial charge is 0.477 e. The molecule has 0 aliphatic carbocycles. The van der Waals surface area contributed by atoms with Crippen molar-refractivity contribution >= 4 is 15.8 Å². The Balaban J connectivity index is 2.92. The third-order valence-electron chi connectivity index (χ3n) is 2.45. The fraction of sp³-hybridized carbons (Fsp3) is 0.857. The lowest BCUT2D eigenvalue weighted by Gasteiger charge is -2.33. The number of halogens is 3. The summed E-state index contributed by atoms with van der Waals surface area (Å²) in [5, 5.41) is 8.15. The fourth-order valence-electron chi connectivity index (χ4n) is 1.37. The first-order valence-electron chi connectivity index (χ1n) is 4.11. The average molecular weight is 246 g/mol. The highest BCUT2D eigenvalue weighted by atomic mass is 32.2. The lowest BCUT2D eigenvalue weighted by molar-refractivity contribution is -0.193. The lowest BCUT2D eigenvalue weighted by Crippen LogP contribution is -2.54. The van der Waals surface area contributed by atoms with Crippen LogP contribution in [-0.2, 0) is 14.6 Å². The van der Waals surface area contributed by atoms with Crippen LogP contribution in [0.15, 0.2) is 0 Å². The Morgan fingerprint density at radius 3 is 2.00 bits per heavy atom. The molecule has 0 aromatic rings. The van der Waals surface area contributed by atoms with E-state index in [9.17, 15) is 26.4 Å². The Morgan fingerprint density at radius 1 is 1.27 bits per heavy atom. The molecule has 8 heteroatoms. The summed E-state index contributed by atoms with van der Waals surface area (Å²) in [6, 6.07) is 0. The second-order valence-electron chi connectivity index (χ2n) is 3.50. The molecule has 1 rings (SSSR count). The number of sulfone groups is 1. The molecular formula is C7H9F3O4S. The zero-order chi connectivity index (χ0) is 11.9. The molecule has 1 heterocycles. The topological polar surface area (TPSA) is 71.4 Å². The van der Waals surface area contributed by atoms with Crippen molar-refractivity contribution in [3.05, 3.63) is 0 Å². The molecule has 4 nitrogen and oxygen atoms in total. The van der Waals surface area contributed by atoms with Gasteiger partial charge in [0.05, 0.1) is 11.5 Å². The number of rotatable bonds is 2. The summed E-state index contributed by atoms with van der Waals surface area (Å²) in [6.07, 6.45) is -1.96. The van der Waals surface area contributed by atoms with Gasteiger partial charge in [0.15, 0.2) is 15.5 Å². The van der Waals surface area contributed by atoms with Crippen molar-refractivity contribution in [3.63, 3.8) is 0 Å². The molecule has 1 fully saturated rings. The number of carboxylic acids is 1. The molecule has 0 amide bonds. The molecule has 0 spiro atoms. The van der Waals surface area contributed by atoms with E-state index in [1.165, 1.54) is 0 Å². The zero-order valence-corrected chi connectivity index (χ0v) is 8.36. The predicted octanol–water partition coefficient (Wildman–Crippen LogP) is 0.623. The predicted molar refractivity (Wildman–Crippen MR) is 44.3 cm³/mol. The van der Waals surface area contributed by atoms with Crippen LogP contribution in [0, 0.1) is 0 Å². The molecule has 0 radical (unpaired) electrons. The Labute approximate surface area is 84.0 Å². The molecular weight excluding hydrogens is 237 g/mol. The van der Waals surface area contributed by atoms with E-state index in [0.717, 1.165) is 0 Å². The van der Waals surface area contributed by atoms with Crippen LogP contribution in [0.5, 0.6) is 0 Å². The zero-order valence-electron chi connectivity index (χ0n) is 7.54. The van der Waals surface area contributed by atoms with Crippen LogP contribution < -0.4 is 0 Å². The van der Waals surface area contributed by atoms with Gasteiger partial charge in [0.2, 0.25) is 0 Å². The Hall–Kier alpha value is -0.790. The first-order valence-corrected chi connectivity index (χ1v) is 5.93. The van der Waals surface area contributed by atoms with E-state index in [4.69, 9.17) is 5.11 Å². The maximum absolute atomic E-state index is 13.5. The third kappa shape index (κ3) is 2.09. The van der Waals surface area contributed by atoms with Crippen LogP contribution in [0.1, 0.15) is 12.8 Å².